The Balaban J connectivity index is 2.43. The third-order valence-electron chi connectivity index (χ3n) is 2.28. The van der Waals surface area contributed by atoms with E-state index in [9.17, 15) is 4.79 Å². The summed E-state index contributed by atoms with van der Waals surface area (Å²) in [5.41, 5.74) is 3.12. The second kappa shape index (κ2) is 2.76. The molecule has 2 aliphatic rings. The molecule has 0 spiro atoms. The van der Waals surface area contributed by atoms with Crippen LogP contribution in [0.2, 0.25) is 0 Å². The first-order valence-corrected chi connectivity index (χ1v) is 4.19. The summed E-state index contributed by atoms with van der Waals surface area (Å²) in [5, 5.41) is 0. The van der Waals surface area contributed by atoms with Crippen molar-refractivity contribution < 1.29 is 4.79 Å². The molecule has 1 unspecified atom stereocenters. The summed E-state index contributed by atoms with van der Waals surface area (Å²) in [5.74, 6) is -0.261. The van der Waals surface area contributed by atoms with E-state index in [4.69, 9.17) is 0 Å². The maximum absolute atomic E-state index is 10.9. The largest absolute Gasteiger partial charge is 0.288 e. The van der Waals surface area contributed by atoms with Gasteiger partial charge in [-0.25, -0.2) is 4.99 Å². The molecule has 1 atom stereocenters. The van der Waals surface area contributed by atoms with Crippen LogP contribution in [-0.4, -0.2) is 23.9 Å². The SMILES string of the molecule is CC1=CC2=NC(=O)C=NC2C=C1C. The van der Waals surface area contributed by atoms with Crippen LogP contribution in [0.4, 0.5) is 0 Å². The molecule has 0 radical (unpaired) electrons. The van der Waals surface area contributed by atoms with Gasteiger partial charge in [0.2, 0.25) is 0 Å². The molecule has 0 N–H and O–H groups in total. The summed E-state index contributed by atoms with van der Waals surface area (Å²) in [6, 6.07) is -0.0404. The Morgan fingerprint density at radius 1 is 1.31 bits per heavy atom. The molecular formula is C10H10N2O. The van der Waals surface area contributed by atoms with E-state index in [1.807, 2.05) is 26.0 Å². The lowest BCUT2D eigenvalue weighted by Crippen LogP contribution is -2.24. The Labute approximate surface area is 76.6 Å². The molecule has 0 aromatic heterocycles. The van der Waals surface area contributed by atoms with Gasteiger partial charge in [0.1, 0.15) is 6.04 Å². The highest BCUT2D eigenvalue weighted by molar-refractivity contribution is 6.32. The Morgan fingerprint density at radius 3 is 2.85 bits per heavy atom. The Morgan fingerprint density at radius 2 is 2.08 bits per heavy atom. The van der Waals surface area contributed by atoms with Gasteiger partial charge in [0.15, 0.2) is 0 Å². The van der Waals surface area contributed by atoms with Crippen LogP contribution in [0.1, 0.15) is 13.8 Å². The fourth-order valence-corrected chi connectivity index (χ4v) is 1.39. The highest BCUT2D eigenvalue weighted by Crippen LogP contribution is 2.19. The molecule has 0 fully saturated rings. The lowest BCUT2D eigenvalue weighted by atomic mass is 9.95. The molecule has 1 aliphatic carbocycles. The molecule has 0 aromatic rings. The number of rotatable bonds is 0. The zero-order valence-electron chi connectivity index (χ0n) is 7.61. The van der Waals surface area contributed by atoms with Gasteiger partial charge in [-0.05, 0) is 31.1 Å². The first-order chi connectivity index (χ1) is 6.16. The van der Waals surface area contributed by atoms with E-state index in [2.05, 4.69) is 9.98 Å². The van der Waals surface area contributed by atoms with Crippen molar-refractivity contribution in [1.29, 1.82) is 0 Å². The smallest absolute Gasteiger partial charge is 0.273 e. The van der Waals surface area contributed by atoms with E-state index in [1.54, 1.807) is 0 Å². The normalized spacial score (nSPS) is 26.2. The third kappa shape index (κ3) is 1.37. The van der Waals surface area contributed by atoms with Gasteiger partial charge in [0.25, 0.3) is 5.91 Å². The van der Waals surface area contributed by atoms with Crippen LogP contribution < -0.4 is 0 Å². The van der Waals surface area contributed by atoms with Crippen LogP contribution in [0.5, 0.6) is 0 Å². The Kier molecular flexibility index (Phi) is 1.72. The van der Waals surface area contributed by atoms with E-state index >= 15 is 0 Å². The minimum Gasteiger partial charge on any atom is -0.273 e. The number of hydrogen-bond donors (Lipinski definition) is 0. The molecule has 3 heteroatoms. The van der Waals surface area contributed by atoms with Crippen molar-refractivity contribution in [3.8, 4) is 0 Å². The summed E-state index contributed by atoms with van der Waals surface area (Å²) in [4.78, 5) is 18.9. The summed E-state index contributed by atoms with van der Waals surface area (Å²) >= 11 is 0. The molecule has 13 heavy (non-hydrogen) atoms. The number of fused-ring (bicyclic) bond motifs is 1. The number of hydrogen-bond acceptors (Lipinski definition) is 2. The molecular weight excluding hydrogens is 164 g/mol. The molecule has 2 rings (SSSR count). The summed E-state index contributed by atoms with van der Waals surface area (Å²) in [6.45, 7) is 4.04. The van der Waals surface area contributed by atoms with Crippen LogP contribution >= 0.6 is 0 Å². The molecule has 66 valence electrons. The van der Waals surface area contributed by atoms with Crippen LogP contribution in [-0.2, 0) is 4.79 Å². The first-order valence-electron chi connectivity index (χ1n) is 4.19. The zero-order valence-corrected chi connectivity index (χ0v) is 7.61. The highest BCUT2D eigenvalue weighted by Gasteiger charge is 2.19. The topological polar surface area (TPSA) is 41.8 Å². The van der Waals surface area contributed by atoms with Crippen molar-refractivity contribution in [2.24, 2.45) is 9.98 Å². The number of allylic oxidation sites excluding steroid dienone is 2. The number of carbonyl (C=O) groups excluding carboxylic acids is 1. The Hall–Kier alpha value is -1.51. The van der Waals surface area contributed by atoms with Crippen LogP contribution in [0.15, 0.2) is 33.3 Å². The average molecular weight is 174 g/mol. The Bertz CT molecular complexity index is 386. The number of carbonyl (C=O) groups is 1. The predicted molar refractivity (Wildman–Crippen MR) is 52.2 cm³/mol. The van der Waals surface area contributed by atoms with Crippen molar-refractivity contribution in [3.63, 3.8) is 0 Å². The van der Waals surface area contributed by atoms with Crippen LogP contribution in [0, 0.1) is 0 Å². The van der Waals surface area contributed by atoms with Gasteiger partial charge in [-0.2, -0.15) is 0 Å². The number of nitrogens with zero attached hydrogens (tertiary/aromatic N) is 2. The van der Waals surface area contributed by atoms with Gasteiger partial charge < -0.3 is 0 Å². The lowest BCUT2D eigenvalue weighted by molar-refractivity contribution is -0.111. The zero-order chi connectivity index (χ0) is 9.42. The van der Waals surface area contributed by atoms with Gasteiger partial charge in [-0.1, -0.05) is 6.08 Å². The van der Waals surface area contributed by atoms with E-state index in [-0.39, 0.29) is 11.9 Å². The summed E-state index contributed by atoms with van der Waals surface area (Å²) in [7, 11) is 0. The quantitative estimate of drug-likeness (QED) is 0.546. The third-order valence-corrected chi connectivity index (χ3v) is 2.28. The van der Waals surface area contributed by atoms with Crippen LogP contribution in [0.25, 0.3) is 0 Å². The minimum absolute atomic E-state index is 0.0404. The predicted octanol–water partition coefficient (Wildman–Crippen LogP) is 1.31. The van der Waals surface area contributed by atoms with Gasteiger partial charge in [-0.15, -0.1) is 0 Å². The number of aliphatic imine (C=N–C) groups is 2. The maximum atomic E-state index is 10.9. The van der Waals surface area contributed by atoms with Gasteiger partial charge in [-0.3, -0.25) is 9.79 Å². The second-order valence-corrected chi connectivity index (χ2v) is 3.27. The lowest BCUT2D eigenvalue weighted by Gasteiger charge is -2.18. The minimum atomic E-state index is -0.261. The van der Waals surface area contributed by atoms with E-state index < -0.39 is 0 Å². The molecule has 0 aromatic carbocycles. The van der Waals surface area contributed by atoms with Gasteiger partial charge >= 0.3 is 0 Å². The fraction of sp³-hybridized carbons (Fsp3) is 0.300. The van der Waals surface area contributed by atoms with Crippen molar-refractivity contribution in [2.75, 3.05) is 0 Å². The van der Waals surface area contributed by atoms with Crippen LogP contribution in [0.3, 0.4) is 0 Å². The molecule has 1 aliphatic heterocycles. The molecule has 3 nitrogen and oxygen atoms in total. The average Bonchev–Trinajstić information content (AvgIpc) is 2.08. The fourth-order valence-electron chi connectivity index (χ4n) is 1.39. The summed E-state index contributed by atoms with van der Waals surface area (Å²) < 4.78 is 0. The van der Waals surface area contributed by atoms with Gasteiger partial charge in [0.05, 0.1) is 11.9 Å². The van der Waals surface area contributed by atoms with E-state index in [0.717, 1.165) is 11.3 Å². The standard InChI is InChI=1S/C10H10N2O/c1-6-3-8-9(4-7(6)2)12-10(13)5-11-8/h3-5,8H,1-2H3. The number of amides is 1. The summed E-state index contributed by atoms with van der Waals surface area (Å²) in [6.07, 6.45) is 5.23. The van der Waals surface area contributed by atoms with Crippen molar-refractivity contribution in [3.05, 3.63) is 23.3 Å². The van der Waals surface area contributed by atoms with Crippen molar-refractivity contribution in [2.45, 2.75) is 19.9 Å². The highest BCUT2D eigenvalue weighted by atomic mass is 16.1. The van der Waals surface area contributed by atoms with E-state index in [1.165, 1.54) is 11.8 Å². The molecule has 0 saturated carbocycles. The second-order valence-electron chi connectivity index (χ2n) is 3.27. The molecule has 1 amide bonds. The monoisotopic (exact) mass is 174 g/mol. The van der Waals surface area contributed by atoms with Gasteiger partial charge in [0, 0.05) is 0 Å². The molecule has 0 bridgehead atoms. The van der Waals surface area contributed by atoms with Crippen molar-refractivity contribution in [1.82, 2.24) is 0 Å². The molecule has 1 heterocycles. The molecule has 0 saturated heterocycles. The maximum Gasteiger partial charge on any atom is 0.288 e. The van der Waals surface area contributed by atoms with E-state index in [0.29, 0.717) is 0 Å². The van der Waals surface area contributed by atoms with Crippen molar-refractivity contribution >= 4 is 17.8 Å². The first kappa shape index (κ1) is 8.10.